The van der Waals surface area contributed by atoms with Crippen molar-refractivity contribution in [2.75, 3.05) is 13.7 Å². The Balaban J connectivity index is 1.60. The lowest BCUT2D eigenvalue weighted by molar-refractivity contribution is -0.136. The maximum absolute atomic E-state index is 13.0. The van der Waals surface area contributed by atoms with E-state index in [4.69, 9.17) is 21.1 Å². The average Bonchev–Trinajstić information content (AvgIpc) is 2.88. The molecule has 0 radical (unpaired) electrons. The standard InChI is InChI=1S/C25H26ClN5O5/c1-3-30-24(33)29-23(31(25(30)34)15-16-4-6-18(26)7-5-16)28-19-8-10-20(11-9-19)36-21-12-17(13-27-14-21)22(32)35-2/h4-11,13,21,27H,3,12,14-15H2,1-2H3,(H,28,29,33). The Morgan fingerprint density at radius 2 is 1.83 bits per heavy atom. The van der Waals surface area contributed by atoms with Crippen molar-refractivity contribution in [2.24, 2.45) is 4.99 Å². The number of nitrogens with one attached hydrogen (secondary N) is 2. The van der Waals surface area contributed by atoms with Crippen molar-refractivity contribution in [3.63, 3.8) is 0 Å². The van der Waals surface area contributed by atoms with Crippen LogP contribution in [0.4, 0.5) is 5.69 Å². The maximum atomic E-state index is 13.0. The summed E-state index contributed by atoms with van der Waals surface area (Å²) < 4.78 is 13.3. The molecule has 0 fully saturated rings. The van der Waals surface area contributed by atoms with Crippen LogP contribution in [0.2, 0.25) is 5.02 Å². The first kappa shape index (κ1) is 25.1. The number of benzene rings is 2. The second-order valence-electron chi connectivity index (χ2n) is 8.11. The van der Waals surface area contributed by atoms with Crippen LogP contribution >= 0.6 is 11.6 Å². The van der Waals surface area contributed by atoms with Gasteiger partial charge < -0.3 is 14.8 Å². The predicted octanol–water partition coefficient (Wildman–Crippen LogP) is 2.09. The molecule has 2 heterocycles. The van der Waals surface area contributed by atoms with Crippen LogP contribution in [0, 0.1) is 0 Å². The number of hydrogen-bond donors (Lipinski definition) is 2. The predicted molar refractivity (Wildman–Crippen MR) is 134 cm³/mol. The number of carbonyl (C=O) groups excluding carboxylic acids is 1. The van der Waals surface area contributed by atoms with Crippen molar-refractivity contribution in [3.05, 3.63) is 97.5 Å². The highest BCUT2D eigenvalue weighted by Gasteiger charge is 2.22. The fraction of sp³-hybridized carbons (Fsp3) is 0.280. The van der Waals surface area contributed by atoms with Crippen molar-refractivity contribution in [2.45, 2.75) is 32.5 Å². The number of ether oxygens (including phenoxy) is 2. The number of methoxy groups -OCH3 is 1. The minimum atomic E-state index is -0.534. The normalized spacial score (nSPS) is 15.7. The third-order valence-corrected chi connectivity index (χ3v) is 5.89. The average molecular weight is 512 g/mol. The molecule has 1 aliphatic rings. The smallest absolute Gasteiger partial charge is 0.335 e. The molecule has 0 aliphatic carbocycles. The molecule has 0 saturated heterocycles. The van der Waals surface area contributed by atoms with E-state index in [0.29, 0.717) is 35.0 Å². The van der Waals surface area contributed by atoms with Crippen LogP contribution in [0.15, 0.2) is 74.9 Å². The van der Waals surface area contributed by atoms with Gasteiger partial charge in [0.05, 0.1) is 31.5 Å². The zero-order chi connectivity index (χ0) is 25.7. The Labute approximate surface area is 211 Å². The number of H-pyrrole nitrogens is 1. The molecule has 10 nitrogen and oxygen atoms in total. The SMILES string of the molecule is CCn1c(=O)[nH]/c(=N\c2ccc(OC3CNC=C(C(=O)OC)C3)cc2)n(Cc2ccc(Cl)cc2)c1=O. The van der Waals surface area contributed by atoms with Gasteiger partial charge in [-0.1, -0.05) is 23.7 Å². The highest BCUT2D eigenvalue weighted by atomic mass is 35.5. The van der Waals surface area contributed by atoms with E-state index in [1.165, 1.54) is 11.7 Å². The van der Waals surface area contributed by atoms with Gasteiger partial charge in [0, 0.05) is 24.2 Å². The second kappa shape index (κ2) is 11.1. The molecule has 1 unspecified atom stereocenters. The van der Waals surface area contributed by atoms with Crippen LogP contribution < -0.4 is 27.1 Å². The molecular formula is C25H26ClN5O5. The summed E-state index contributed by atoms with van der Waals surface area (Å²) in [5.74, 6) is 0.201. The number of hydrogen-bond acceptors (Lipinski definition) is 7. The molecule has 11 heteroatoms. The quantitative estimate of drug-likeness (QED) is 0.469. The first-order valence-electron chi connectivity index (χ1n) is 11.4. The summed E-state index contributed by atoms with van der Waals surface area (Å²) >= 11 is 5.98. The first-order chi connectivity index (χ1) is 17.4. The molecule has 1 aromatic heterocycles. The molecule has 4 rings (SSSR count). The molecule has 188 valence electrons. The zero-order valence-electron chi connectivity index (χ0n) is 19.9. The van der Waals surface area contributed by atoms with Crippen LogP contribution in [0.25, 0.3) is 0 Å². The highest BCUT2D eigenvalue weighted by molar-refractivity contribution is 6.30. The lowest BCUT2D eigenvalue weighted by atomic mass is 10.1. The van der Waals surface area contributed by atoms with Crippen LogP contribution in [-0.2, 0) is 22.6 Å². The summed E-state index contributed by atoms with van der Waals surface area (Å²) in [4.78, 5) is 44.5. The van der Waals surface area contributed by atoms with Gasteiger partial charge in [-0.15, -0.1) is 0 Å². The number of nitrogens with zero attached hydrogens (tertiary/aromatic N) is 3. The van der Waals surface area contributed by atoms with E-state index in [2.05, 4.69) is 15.3 Å². The Kier molecular flexibility index (Phi) is 7.74. The van der Waals surface area contributed by atoms with Crippen LogP contribution in [0.5, 0.6) is 5.75 Å². The van der Waals surface area contributed by atoms with Crippen LogP contribution in [0.3, 0.4) is 0 Å². The molecule has 2 aromatic carbocycles. The lowest BCUT2D eigenvalue weighted by Crippen LogP contribution is -2.49. The number of rotatable bonds is 7. The molecule has 0 amide bonds. The Hall–Kier alpha value is -4.05. The van der Waals surface area contributed by atoms with Gasteiger partial charge in [-0.2, -0.15) is 0 Å². The van der Waals surface area contributed by atoms with E-state index in [9.17, 15) is 14.4 Å². The van der Waals surface area contributed by atoms with E-state index in [1.54, 1.807) is 49.5 Å². The summed E-state index contributed by atoms with van der Waals surface area (Å²) in [7, 11) is 1.34. The Morgan fingerprint density at radius 1 is 1.11 bits per heavy atom. The number of aromatic nitrogens is 3. The largest absolute Gasteiger partial charge is 0.488 e. The van der Waals surface area contributed by atoms with Crippen LogP contribution in [-0.4, -0.2) is 39.8 Å². The molecule has 0 saturated carbocycles. The van der Waals surface area contributed by atoms with Crippen molar-refractivity contribution >= 4 is 23.3 Å². The molecule has 0 bridgehead atoms. The monoisotopic (exact) mass is 511 g/mol. The van der Waals surface area contributed by atoms with Crippen molar-refractivity contribution in [1.29, 1.82) is 0 Å². The van der Waals surface area contributed by atoms with E-state index in [1.807, 2.05) is 12.1 Å². The molecule has 3 aromatic rings. The lowest BCUT2D eigenvalue weighted by Gasteiger charge is -2.24. The van der Waals surface area contributed by atoms with Gasteiger partial charge >= 0.3 is 17.3 Å². The minimum absolute atomic E-state index is 0.127. The third kappa shape index (κ3) is 5.77. The minimum Gasteiger partial charge on any atom is -0.488 e. The van der Waals surface area contributed by atoms with Gasteiger partial charge in [-0.3, -0.25) is 9.55 Å². The summed E-state index contributed by atoms with van der Waals surface area (Å²) in [6.07, 6.45) is 1.82. The summed E-state index contributed by atoms with van der Waals surface area (Å²) in [5.41, 5.74) is 0.993. The molecule has 0 spiro atoms. The molecule has 1 aliphatic heterocycles. The fourth-order valence-corrected chi connectivity index (χ4v) is 3.92. The topological polar surface area (TPSA) is 120 Å². The number of esters is 1. The fourth-order valence-electron chi connectivity index (χ4n) is 3.80. The van der Waals surface area contributed by atoms with Gasteiger partial charge in [-0.25, -0.2) is 23.9 Å². The van der Waals surface area contributed by atoms with Crippen molar-refractivity contribution in [3.8, 4) is 5.75 Å². The van der Waals surface area contributed by atoms with Crippen molar-refractivity contribution in [1.82, 2.24) is 19.4 Å². The van der Waals surface area contributed by atoms with Gasteiger partial charge in [0.25, 0.3) is 0 Å². The van der Waals surface area contributed by atoms with Gasteiger partial charge in [0.1, 0.15) is 11.9 Å². The Morgan fingerprint density at radius 3 is 2.50 bits per heavy atom. The van der Waals surface area contributed by atoms with Gasteiger partial charge in [0.2, 0.25) is 5.62 Å². The van der Waals surface area contributed by atoms with Gasteiger partial charge in [0.15, 0.2) is 0 Å². The second-order valence-corrected chi connectivity index (χ2v) is 8.55. The van der Waals surface area contributed by atoms with E-state index in [0.717, 1.165) is 10.1 Å². The van der Waals surface area contributed by atoms with E-state index < -0.39 is 17.3 Å². The number of carbonyl (C=O) groups is 1. The summed E-state index contributed by atoms with van der Waals surface area (Å²) in [6.45, 7) is 2.71. The number of aromatic amines is 1. The van der Waals surface area contributed by atoms with E-state index >= 15 is 0 Å². The molecule has 2 N–H and O–H groups in total. The Bertz CT molecular complexity index is 1450. The number of halogens is 1. The summed E-state index contributed by atoms with van der Waals surface area (Å²) in [5, 5.41) is 3.62. The third-order valence-electron chi connectivity index (χ3n) is 5.64. The molecule has 36 heavy (non-hydrogen) atoms. The van der Waals surface area contributed by atoms with Crippen LogP contribution in [0.1, 0.15) is 18.9 Å². The zero-order valence-corrected chi connectivity index (χ0v) is 20.6. The van der Waals surface area contributed by atoms with E-state index in [-0.39, 0.29) is 24.8 Å². The first-order valence-corrected chi connectivity index (χ1v) is 11.8. The van der Waals surface area contributed by atoms with Gasteiger partial charge in [-0.05, 0) is 48.9 Å². The highest BCUT2D eigenvalue weighted by Crippen LogP contribution is 2.21. The molecular weight excluding hydrogens is 486 g/mol. The maximum Gasteiger partial charge on any atom is 0.335 e. The molecule has 1 atom stereocenters. The summed E-state index contributed by atoms with van der Waals surface area (Å²) in [6, 6.07) is 14.0. The van der Waals surface area contributed by atoms with Crippen molar-refractivity contribution < 1.29 is 14.3 Å².